The highest BCUT2D eigenvalue weighted by atomic mass is 35.5. The smallest absolute Gasteiger partial charge is 0.153 e. The largest absolute Gasteiger partial charge is 0.463 e. The van der Waals surface area contributed by atoms with E-state index < -0.39 is 0 Å². The molecule has 116 valence electrons. The van der Waals surface area contributed by atoms with Gasteiger partial charge in [0.05, 0.1) is 6.26 Å². The van der Waals surface area contributed by atoms with E-state index in [1.165, 1.54) is 12.5 Å². The van der Waals surface area contributed by atoms with E-state index in [-0.39, 0.29) is 0 Å². The lowest BCUT2D eigenvalue weighted by molar-refractivity contribution is 0.558. The first-order valence-corrected chi connectivity index (χ1v) is 7.36. The van der Waals surface area contributed by atoms with Gasteiger partial charge in [-0.15, -0.1) is 0 Å². The summed E-state index contributed by atoms with van der Waals surface area (Å²) in [6.07, 6.45) is 2.92. The zero-order valence-corrected chi connectivity index (χ0v) is 13.5. The summed E-state index contributed by atoms with van der Waals surface area (Å²) in [7, 11) is 0. The van der Waals surface area contributed by atoms with Crippen LogP contribution in [0.5, 0.6) is 0 Å². The zero-order valence-electron chi connectivity index (χ0n) is 12.7. The number of nitriles is 1. The number of benzene rings is 1. The zero-order chi connectivity index (χ0) is 16.7. The maximum Gasteiger partial charge on any atom is 0.153 e. The summed E-state index contributed by atoms with van der Waals surface area (Å²) < 4.78 is 5.35. The number of allylic oxidation sites excluding steroid dienone is 2. The second-order valence-corrected chi connectivity index (χ2v) is 5.10. The Kier molecular flexibility index (Phi) is 5.79. The lowest BCUT2D eigenvalue weighted by Crippen LogP contribution is -2.16. The maximum absolute atomic E-state index is 9.51. The number of furan rings is 1. The minimum atomic E-state index is 0.395. The van der Waals surface area contributed by atoms with Gasteiger partial charge in [-0.05, 0) is 30.7 Å². The Morgan fingerprint density at radius 2 is 2.17 bits per heavy atom. The number of aliphatic imine (C=N–C) groups is 1. The van der Waals surface area contributed by atoms with Gasteiger partial charge >= 0.3 is 0 Å². The van der Waals surface area contributed by atoms with Crippen LogP contribution >= 0.6 is 11.6 Å². The Morgan fingerprint density at radius 1 is 1.39 bits per heavy atom. The molecule has 0 aliphatic rings. The average molecular weight is 326 g/mol. The molecule has 1 aromatic carbocycles. The summed E-state index contributed by atoms with van der Waals surface area (Å²) >= 11 is 6.14. The van der Waals surface area contributed by atoms with Crippen molar-refractivity contribution in [2.45, 2.75) is 13.5 Å². The van der Waals surface area contributed by atoms with Gasteiger partial charge in [-0.3, -0.25) is 4.99 Å². The van der Waals surface area contributed by atoms with E-state index in [1.807, 2.05) is 31.2 Å². The standard InChI is InChI=1S/C18H16ClN3O/c1-3-21-18(17-9-6-10-23-17)15(11-20)13(2)22-12-14-7-4-5-8-16(14)19/h3-10,22H,1,12H2,2H3/b15-13+,21-18+. The summed E-state index contributed by atoms with van der Waals surface area (Å²) in [5.41, 5.74) is 2.47. The van der Waals surface area contributed by atoms with E-state index in [2.05, 4.69) is 23.0 Å². The van der Waals surface area contributed by atoms with Gasteiger partial charge in [0.2, 0.25) is 0 Å². The topological polar surface area (TPSA) is 61.3 Å². The lowest BCUT2D eigenvalue weighted by atomic mass is 10.1. The molecule has 0 spiro atoms. The van der Waals surface area contributed by atoms with E-state index in [4.69, 9.17) is 16.0 Å². The van der Waals surface area contributed by atoms with Crippen LogP contribution in [0.3, 0.4) is 0 Å². The summed E-state index contributed by atoms with van der Waals surface area (Å²) in [4.78, 5) is 4.17. The van der Waals surface area contributed by atoms with Crippen molar-refractivity contribution in [2.75, 3.05) is 0 Å². The molecular weight excluding hydrogens is 310 g/mol. The molecule has 23 heavy (non-hydrogen) atoms. The molecular formula is C18H16ClN3O. The van der Waals surface area contributed by atoms with Crippen molar-refractivity contribution in [2.24, 2.45) is 4.99 Å². The number of hydrogen-bond acceptors (Lipinski definition) is 4. The lowest BCUT2D eigenvalue weighted by Gasteiger charge is -2.11. The molecule has 1 heterocycles. The summed E-state index contributed by atoms with van der Waals surface area (Å²) in [5.74, 6) is 0.514. The molecule has 0 radical (unpaired) electrons. The average Bonchev–Trinajstić information content (AvgIpc) is 3.08. The number of halogens is 1. The van der Waals surface area contributed by atoms with Crippen LogP contribution in [-0.2, 0) is 6.54 Å². The highest BCUT2D eigenvalue weighted by molar-refractivity contribution is 6.31. The van der Waals surface area contributed by atoms with E-state index in [0.29, 0.717) is 34.3 Å². The first-order valence-electron chi connectivity index (χ1n) is 6.98. The van der Waals surface area contributed by atoms with E-state index >= 15 is 0 Å². The van der Waals surface area contributed by atoms with Crippen LogP contribution in [0.2, 0.25) is 5.02 Å². The fourth-order valence-corrected chi connectivity index (χ4v) is 2.23. The highest BCUT2D eigenvalue weighted by Gasteiger charge is 2.15. The SMILES string of the molecule is C=C/N=C(\C(C#N)=C(/C)NCc1ccccc1Cl)c1ccco1. The van der Waals surface area contributed by atoms with Crippen molar-refractivity contribution in [3.63, 3.8) is 0 Å². The monoisotopic (exact) mass is 325 g/mol. The first kappa shape index (κ1) is 16.6. The minimum Gasteiger partial charge on any atom is -0.463 e. The molecule has 0 saturated heterocycles. The second-order valence-electron chi connectivity index (χ2n) is 4.69. The highest BCUT2D eigenvalue weighted by Crippen LogP contribution is 2.17. The molecule has 0 aliphatic heterocycles. The van der Waals surface area contributed by atoms with Crippen molar-refractivity contribution in [3.8, 4) is 6.07 Å². The Bertz CT molecular complexity index is 783. The molecule has 0 aliphatic carbocycles. The number of rotatable bonds is 6. The molecule has 0 amide bonds. The Labute approximate surface area is 140 Å². The molecule has 4 nitrogen and oxygen atoms in total. The van der Waals surface area contributed by atoms with Gasteiger partial charge in [0.25, 0.3) is 0 Å². The molecule has 5 heteroatoms. The van der Waals surface area contributed by atoms with Crippen LogP contribution in [0.1, 0.15) is 18.2 Å². The third kappa shape index (κ3) is 4.12. The number of nitrogens with one attached hydrogen (secondary N) is 1. The fraction of sp³-hybridized carbons (Fsp3) is 0.111. The predicted molar refractivity (Wildman–Crippen MR) is 92.0 cm³/mol. The van der Waals surface area contributed by atoms with Gasteiger partial charge in [0.15, 0.2) is 5.76 Å². The molecule has 1 aromatic heterocycles. The van der Waals surface area contributed by atoms with Crippen molar-refractivity contribution >= 4 is 17.3 Å². The van der Waals surface area contributed by atoms with Crippen LogP contribution < -0.4 is 5.32 Å². The van der Waals surface area contributed by atoms with Gasteiger partial charge < -0.3 is 9.73 Å². The molecule has 0 atom stereocenters. The van der Waals surface area contributed by atoms with E-state index in [9.17, 15) is 5.26 Å². The Morgan fingerprint density at radius 3 is 2.78 bits per heavy atom. The number of nitrogens with zero attached hydrogens (tertiary/aromatic N) is 2. The van der Waals surface area contributed by atoms with Crippen molar-refractivity contribution < 1.29 is 4.42 Å². The summed E-state index contributed by atoms with van der Waals surface area (Å²) in [6.45, 7) is 5.92. The van der Waals surface area contributed by atoms with Crippen LogP contribution in [0.25, 0.3) is 0 Å². The Hall–Kier alpha value is -2.77. The first-order chi connectivity index (χ1) is 11.2. The van der Waals surface area contributed by atoms with Crippen LogP contribution in [0, 0.1) is 11.3 Å². The van der Waals surface area contributed by atoms with Crippen molar-refractivity contribution in [3.05, 3.63) is 83.1 Å². The summed E-state index contributed by atoms with van der Waals surface area (Å²) in [5, 5.41) is 13.4. The van der Waals surface area contributed by atoms with Gasteiger partial charge in [-0.25, -0.2) is 0 Å². The number of hydrogen-bond donors (Lipinski definition) is 1. The van der Waals surface area contributed by atoms with Crippen molar-refractivity contribution in [1.29, 1.82) is 5.26 Å². The molecule has 0 bridgehead atoms. The molecule has 1 N–H and O–H groups in total. The maximum atomic E-state index is 9.51. The van der Waals surface area contributed by atoms with Crippen LogP contribution in [0.15, 0.2) is 76.1 Å². The van der Waals surface area contributed by atoms with Crippen LogP contribution in [-0.4, -0.2) is 5.71 Å². The van der Waals surface area contributed by atoms with Gasteiger partial charge in [0.1, 0.15) is 17.4 Å². The molecule has 2 aromatic rings. The quantitative estimate of drug-likeness (QED) is 0.630. The van der Waals surface area contributed by atoms with Crippen LogP contribution in [0.4, 0.5) is 0 Å². The Balaban J connectivity index is 2.28. The van der Waals surface area contributed by atoms with Crippen molar-refractivity contribution in [1.82, 2.24) is 5.32 Å². The summed E-state index contributed by atoms with van der Waals surface area (Å²) in [6, 6.07) is 13.2. The predicted octanol–water partition coefficient (Wildman–Crippen LogP) is 4.45. The molecule has 2 rings (SSSR count). The molecule has 0 saturated carbocycles. The molecule has 0 unspecified atom stereocenters. The van der Waals surface area contributed by atoms with Gasteiger partial charge in [-0.1, -0.05) is 36.4 Å². The minimum absolute atomic E-state index is 0.395. The third-order valence-electron chi connectivity index (χ3n) is 3.20. The fourth-order valence-electron chi connectivity index (χ4n) is 2.03. The van der Waals surface area contributed by atoms with E-state index in [0.717, 1.165) is 5.56 Å². The third-order valence-corrected chi connectivity index (χ3v) is 3.57. The normalized spacial score (nSPS) is 12.3. The molecule has 0 fully saturated rings. The van der Waals surface area contributed by atoms with Gasteiger partial charge in [-0.2, -0.15) is 5.26 Å². The second kappa shape index (κ2) is 8.02. The van der Waals surface area contributed by atoms with Gasteiger partial charge in [0, 0.05) is 23.5 Å². The van der Waals surface area contributed by atoms with E-state index in [1.54, 1.807) is 12.1 Å².